The molecule has 7 heteroatoms. The number of benzene rings is 1. The van der Waals surface area contributed by atoms with Crippen LogP contribution < -0.4 is 10.2 Å². The van der Waals surface area contributed by atoms with E-state index in [4.69, 9.17) is 4.99 Å². The van der Waals surface area contributed by atoms with Gasteiger partial charge in [-0.3, -0.25) is 0 Å². The molecule has 2 aliphatic rings. The van der Waals surface area contributed by atoms with E-state index in [1.165, 1.54) is 0 Å². The molecular formula is C21H34FIN4O. The molecule has 158 valence electrons. The highest BCUT2D eigenvalue weighted by atomic mass is 127. The van der Waals surface area contributed by atoms with Crippen LogP contribution >= 0.6 is 24.0 Å². The minimum Gasteiger partial charge on any atom is -0.393 e. The van der Waals surface area contributed by atoms with Crippen molar-refractivity contribution in [3.63, 3.8) is 0 Å². The average Bonchev–Trinajstić information content (AvgIpc) is 2.99. The lowest BCUT2D eigenvalue weighted by Gasteiger charge is -2.31. The molecular weight excluding hydrogens is 470 g/mol. The highest BCUT2D eigenvalue weighted by molar-refractivity contribution is 14.0. The molecule has 0 bridgehead atoms. The van der Waals surface area contributed by atoms with Gasteiger partial charge in [0.25, 0.3) is 0 Å². The van der Waals surface area contributed by atoms with Crippen molar-refractivity contribution >= 4 is 35.6 Å². The average molecular weight is 504 g/mol. The number of aliphatic hydroxyl groups is 1. The van der Waals surface area contributed by atoms with E-state index in [0.29, 0.717) is 43.6 Å². The topological polar surface area (TPSA) is 51.1 Å². The van der Waals surface area contributed by atoms with Crippen LogP contribution in [-0.2, 0) is 6.54 Å². The molecule has 28 heavy (non-hydrogen) atoms. The fraction of sp³-hybridized carbons (Fsp3) is 0.667. The standard InChI is InChI=1S/C21H33FN4O.HI/c1-4-23-20(26-12-9-21(2,3)15-26)24-14-16-5-6-19(18(22)13-16)25-10-7-17(27)8-11-25;/h5-6,13,17,27H,4,7-12,14-15H2,1-3H3,(H,23,24);1H. The highest BCUT2D eigenvalue weighted by Crippen LogP contribution is 2.29. The summed E-state index contributed by atoms with van der Waals surface area (Å²) in [5, 5.41) is 13.0. The number of nitrogens with one attached hydrogen (secondary N) is 1. The molecule has 2 N–H and O–H groups in total. The lowest BCUT2D eigenvalue weighted by molar-refractivity contribution is 0.145. The summed E-state index contributed by atoms with van der Waals surface area (Å²) in [6.45, 7) is 11.3. The summed E-state index contributed by atoms with van der Waals surface area (Å²) >= 11 is 0. The number of aliphatic hydroxyl groups excluding tert-OH is 1. The number of hydrogen-bond acceptors (Lipinski definition) is 3. The molecule has 0 amide bonds. The van der Waals surface area contributed by atoms with Gasteiger partial charge in [-0.05, 0) is 49.3 Å². The molecule has 0 aromatic heterocycles. The van der Waals surface area contributed by atoms with Crippen molar-refractivity contribution < 1.29 is 9.50 Å². The quantitative estimate of drug-likeness (QED) is 0.374. The minimum atomic E-state index is -0.252. The Morgan fingerprint density at radius 3 is 2.57 bits per heavy atom. The second-order valence-corrected chi connectivity index (χ2v) is 8.51. The summed E-state index contributed by atoms with van der Waals surface area (Å²) in [7, 11) is 0. The van der Waals surface area contributed by atoms with Crippen LogP contribution in [0.1, 0.15) is 45.6 Å². The predicted molar refractivity (Wildman–Crippen MR) is 124 cm³/mol. The third kappa shape index (κ3) is 5.95. The van der Waals surface area contributed by atoms with Crippen molar-refractivity contribution in [2.24, 2.45) is 10.4 Å². The van der Waals surface area contributed by atoms with Crippen LogP contribution in [0, 0.1) is 11.2 Å². The van der Waals surface area contributed by atoms with Crippen molar-refractivity contribution in [2.75, 3.05) is 37.6 Å². The molecule has 2 saturated heterocycles. The summed E-state index contributed by atoms with van der Waals surface area (Å²) < 4.78 is 14.6. The maximum absolute atomic E-state index is 14.6. The van der Waals surface area contributed by atoms with E-state index in [1.807, 2.05) is 17.0 Å². The smallest absolute Gasteiger partial charge is 0.194 e. The summed E-state index contributed by atoms with van der Waals surface area (Å²) in [4.78, 5) is 9.06. The molecule has 0 unspecified atom stereocenters. The zero-order valence-electron chi connectivity index (χ0n) is 17.2. The van der Waals surface area contributed by atoms with Crippen LogP contribution in [0.3, 0.4) is 0 Å². The Hall–Kier alpha value is -1.09. The number of anilines is 1. The van der Waals surface area contributed by atoms with Crippen molar-refractivity contribution in [1.29, 1.82) is 0 Å². The van der Waals surface area contributed by atoms with E-state index in [1.54, 1.807) is 6.07 Å². The van der Waals surface area contributed by atoms with E-state index < -0.39 is 0 Å². The number of halogens is 2. The molecule has 2 aliphatic heterocycles. The van der Waals surface area contributed by atoms with Gasteiger partial charge in [-0.25, -0.2) is 9.38 Å². The normalized spacial score (nSPS) is 20.2. The van der Waals surface area contributed by atoms with Gasteiger partial charge in [-0.15, -0.1) is 24.0 Å². The Morgan fingerprint density at radius 2 is 2.00 bits per heavy atom. The Balaban J connectivity index is 0.00000280. The second-order valence-electron chi connectivity index (χ2n) is 8.51. The number of rotatable bonds is 4. The fourth-order valence-electron chi connectivity index (χ4n) is 3.90. The molecule has 0 spiro atoms. The van der Waals surface area contributed by atoms with Crippen molar-refractivity contribution in [2.45, 2.75) is 52.7 Å². The maximum Gasteiger partial charge on any atom is 0.194 e. The summed E-state index contributed by atoms with van der Waals surface area (Å²) in [5.74, 6) is 0.712. The number of guanidine groups is 1. The largest absolute Gasteiger partial charge is 0.393 e. The van der Waals surface area contributed by atoms with Crippen LogP contribution in [0.25, 0.3) is 0 Å². The van der Waals surface area contributed by atoms with Gasteiger partial charge in [0.05, 0.1) is 18.3 Å². The Bertz CT molecular complexity index is 674. The van der Waals surface area contributed by atoms with E-state index in [2.05, 4.69) is 31.0 Å². The van der Waals surface area contributed by atoms with Crippen molar-refractivity contribution in [3.05, 3.63) is 29.6 Å². The van der Waals surface area contributed by atoms with Crippen molar-refractivity contribution in [1.82, 2.24) is 10.2 Å². The second kappa shape index (κ2) is 10.1. The lowest BCUT2D eigenvalue weighted by atomic mass is 9.93. The maximum atomic E-state index is 14.6. The molecule has 0 atom stereocenters. The first-order chi connectivity index (χ1) is 12.9. The van der Waals surface area contributed by atoms with Gasteiger partial charge in [-0.2, -0.15) is 0 Å². The molecule has 1 aromatic rings. The molecule has 0 saturated carbocycles. The Labute approximate surface area is 185 Å². The summed E-state index contributed by atoms with van der Waals surface area (Å²) in [6.07, 6.45) is 2.30. The van der Waals surface area contributed by atoms with Gasteiger partial charge < -0.3 is 20.2 Å². The number of hydrogen-bond donors (Lipinski definition) is 2. The molecule has 2 fully saturated rings. The molecule has 2 heterocycles. The first-order valence-corrected chi connectivity index (χ1v) is 10.1. The van der Waals surface area contributed by atoms with E-state index >= 15 is 0 Å². The van der Waals surface area contributed by atoms with E-state index in [-0.39, 0.29) is 35.9 Å². The minimum absolute atomic E-state index is 0. The SMILES string of the molecule is CCNC(=NCc1ccc(N2CCC(O)CC2)c(F)c1)N1CCC(C)(C)C1.I. The van der Waals surface area contributed by atoms with Crippen LogP contribution in [0.15, 0.2) is 23.2 Å². The predicted octanol–water partition coefficient (Wildman–Crippen LogP) is 3.60. The van der Waals surface area contributed by atoms with Gasteiger partial charge in [0.2, 0.25) is 0 Å². The van der Waals surface area contributed by atoms with Gasteiger partial charge in [-0.1, -0.05) is 19.9 Å². The van der Waals surface area contributed by atoms with Crippen LogP contribution in [0.4, 0.5) is 10.1 Å². The molecule has 0 radical (unpaired) electrons. The van der Waals surface area contributed by atoms with Gasteiger partial charge >= 0.3 is 0 Å². The van der Waals surface area contributed by atoms with E-state index in [0.717, 1.165) is 37.6 Å². The van der Waals surface area contributed by atoms with E-state index in [9.17, 15) is 9.50 Å². The van der Waals surface area contributed by atoms with Gasteiger partial charge in [0.15, 0.2) is 5.96 Å². The van der Waals surface area contributed by atoms with Crippen LogP contribution in [0.2, 0.25) is 0 Å². The summed E-state index contributed by atoms with van der Waals surface area (Å²) in [5.41, 5.74) is 1.82. The molecule has 0 aliphatic carbocycles. The Morgan fingerprint density at radius 1 is 1.29 bits per heavy atom. The first kappa shape index (κ1) is 23.2. The van der Waals surface area contributed by atoms with Crippen LogP contribution in [-0.4, -0.2) is 54.8 Å². The molecule has 5 nitrogen and oxygen atoms in total. The monoisotopic (exact) mass is 504 g/mol. The van der Waals surface area contributed by atoms with Gasteiger partial charge in [0.1, 0.15) is 5.82 Å². The third-order valence-corrected chi connectivity index (χ3v) is 5.54. The zero-order chi connectivity index (χ0) is 19.4. The Kier molecular flexibility index (Phi) is 8.36. The molecule has 3 rings (SSSR count). The highest BCUT2D eigenvalue weighted by Gasteiger charge is 2.30. The fourth-order valence-corrected chi connectivity index (χ4v) is 3.90. The van der Waals surface area contributed by atoms with Crippen LogP contribution in [0.5, 0.6) is 0 Å². The first-order valence-electron chi connectivity index (χ1n) is 10.1. The summed E-state index contributed by atoms with van der Waals surface area (Å²) in [6, 6.07) is 5.41. The van der Waals surface area contributed by atoms with Gasteiger partial charge in [0, 0.05) is 32.7 Å². The third-order valence-electron chi connectivity index (χ3n) is 5.54. The number of likely N-dealkylation sites (tertiary alicyclic amines) is 1. The number of piperidine rings is 1. The number of aliphatic imine (C=N–C) groups is 1. The molecule has 1 aromatic carbocycles. The lowest BCUT2D eigenvalue weighted by Crippen LogP contribution is -2.40. The zero-order valence-corrected chi connectivity index (χ0v) is 19.6. The number of nitrogens with zero attached hydrogens (tertiary/aromatic N) is 3. The van der Waals surface area contributed by atoms with Crippen molar-refractivity contribution in [3.8, 4) is 0 Å².